The zero-order valence-electron chi connectivity index (χ0n) is 12.6. The van der Waals surface area contributed by atoms with Crippen molar-refractivity contribution in [3.8, 4) is 0 Å². The maximum absolute atomic E-state index is 11.2. The van der Waals surface area contributed by atoms with E-state index in [0.717, 1.165) is 47.3 Å². The second kappa shape index (κ2) is 7.18. The van der Waals surface area contributed by atoms with Crippen LogP contribution in [0.4, 0.5) is 5.13 Å². The van der Waals surface area contributed by atoms with E-state index in [1.54, 1.807) is 7.11 Å². The fourth-order valence-corrected chi connectivity index (χ4v) is 3.52. The molecule has 20 heavy (non-hydrogen) atoms. The van der Waals surface area contributed by atoms with Gasteiger partial charge in [0.1, 0.15) is 0 Å². The Bertz CT molecular complexity index is 443. The van der Waals surface area contributed by atoms with Gasteiger partial charge in [-0.15, -0.1) is 0 Å². The Morgan fingerprint density at radius 3 is 2.85 bits per heavy atom. The number of hydrogen-bond acceptors (Lipinski definition) is 5. The largest absolute Gasteiger partial charge is 0.383 e. The van der Waals surface area contributed by atoms with Gasteiger partial charge in [0.15, 0.2) is 11.4 Å². The number of thiazole rings is 1. The summed E-state index contributed by atoms with van der Waals surface area (Å²) in [7, 11) is 1.72. The van der Waals surface area contributed by atoms with E-state index in [9.17, 15) is 4.79 Å². The number of carbonyl (C=O) groups is 1. The molecule has 1 aromatic rings. The Hall–Kier alpha value is -0.940. The highest BCUT2D eigenvalue weighted by atomic mass is 32.1. The Morgan fingerprint density at radius 2 is 2.30 bits per heavy atom. The quantitative estimate of drug-likeness (QED) is 0.657. The van der Waals surface area contributed by atoms with Crippen LogP contribution in [0, 0.1) is 5.92 Å². The number of nitrogens with zero attached hydrogens (tertiary/aromatic N) is 2. The molecule has 4 nitrogen and oxygen atoms in total. The van der Waals surface area contributed by atoms with Crippen LogP contribution < -0.4 is 4.90 Å². The van der Waals surface area contributed by atoms with Crippen LogP contribution in [0.3, 0.4) is 0 Å². The van der Waals surface area contributed by atoms with E-state index >= 15 is 0 Å². The molecule has 0 bridgehead atoms. The molecule has 1 atom stereocenters. The number of aldehydes is 1. The van der Waals surface area contributed by atoms with Crippen molar-refractivity contribution in [2.45, 2.75) is 45.6 Å². The molecule has 1 aromatic heterocycles. The first kappa shape index (κ1) is 15.4. The van der Waals surface area contributed by atoms with Gasteiger partial charge in [0, 0.05) is 19.7 Å². The topological polar surface area (TPSA) is 42.4 Å². The summed E-state index contributed by atoms with van der Waals surface area (Å²) >= 11 is 1.52. The third kappa shape index (κ3) is 3.58. The molecule has 0 aromatic carbocycles. The molecule has 2 rings (SSSR count). The lowest BCUT2D eigenvalue weighted by molar-refractivity contribution is 0.112. The van der Waals surface area contributed by atoms with Gasteiger partial charge in [-0.3, -0.25) is 4.79 Å². The SMILES string of the molecule is CCCc1nc(N(CCOC)C(C)C2CC2)sc1C=O. The summed E-state index contributed by atoms with van der Waals surface area (Å²) in [5.74, 6) is 0.769. The number of aryl methyl sites for hydroxylation is 1. The summed E-state index contributed by atoms with van der Waals surface area (Å²) in [5, 5.41) is 0.979. The van der Waals surface area contributed by atoms with E-state index in [-0.39, 0.29) is 0 Å². The van der Waals surface area contributed by atoms with Crippen molar-refractivity contribution < 1.29 is 9.53 Å². The van der Waals surface area contributed by atoms with Crippen LogP contribution in [0.1, 0.15) is 48.5 Å². The van der Waals surface area contributed by atoms with Gasteiger partial charge in [0.2, 0.25) is 0 Å². The number of anilines is 1. The standard InChI is InChI=1S/C15H24N2O2S/c1-4-5-13-14(10-18)20-15(16-13)17(8-9-19-3)11(2)12-6-7-12/h10-12H,4-9H2,1-3H3. The monoisotopic (exact) mass is 296 g/mol. The lowest BCUT2D eigenvalue weighted by Gasteiger charge is -2.28. The van der Waals surface area contributed by atoms with E-state index in [1.165, 1.54) is 24.2 Å². The van der Waals surface area contributed by atoms with Crippen LogP contribution in [-0.2, 0) is 11.2 Å². The summed E-state index contributed by atoms with van der Waals surface area (Å²) in [4.78, 5) is 19.0. The predicted octanol–water partition coefficient (Wildman–Crippen LogP) is 3.16. The van der Waals surface area contributed by atoms with Crippen molar-refractivity contribution in [2.75, 3.05) is 25.2 Å². The van der Waals surface area contributed by atoms with Crippen LogP contribution in [-0.4, -0.2) is 37.6 Å². The van der Waals surface area contributed by atoms with Crippen molar-refractivity contribution >= 4 is 22.8 Å². The average Bonchev–Trinajstić information content (AvgIpc) is 3.22. The second-order valence-electron chi connectivity index (χ2n) is 5.44. The van der Waals surface area contributed by atoms with Gasteiger partial charge in [0.25, 0.3) is 0 Å². The smallest absolute Gasteiger partial charge is 0.186 e. The van der Waals surface area contributed by atoms with Gasteiger partial charge in [-0.1, -0.05) is 24.7 Å². The average molecular weight is 296 g/mol. The number of rotatable bonds is 9. The Balaban J connectivity index is 2.20. The summed E-state index contributed by atoms with van der Waals surface area (Å²) in [6.45, 7) is 5.90. The van der Waals surface area contributed by atoms with Crippen LogP contribution in [0.5, 0.6) is 0 Å². The van der Waals surface area contributed by atoms with Crippen LogP contribution >= 0.6 is 11.3 Å². The first-order valence-corrected chi connectivity index (χ1v) is 8.23. The molecule has 0 aliphatic heterocycles. The summed E-state index contributed by atoms with van der Waals surface area (Å²) in [6, 6.07) is 0.477. The van der Waals surface area contributed by atoms with Crippen LogP contribution in [0.15, 0.2) is 0 Å². The van der Waals surface area contributed by atoms with Crippen LogP contribution in [0.2, 0.25) is 0 Å². The molecule has 1 saturated carbocycles. The van der Waals surface area contributed by atoms with E-state index in [0.29, 0.717) is 12.6 Å². The molecule has 0 amide bonds. The molecule has 112 valence electrons. The molecule has 1 unspecified atom stereocenters. The number of aromatic nitrogens is 1. The van der Waals surface area contributed by atoms with E-state index in [4.69, 9.17) is 9.72 Å². The fourth-order valence-electron chi connectivity index (χ4n) is 2.48. The molecule has 1 aliphatic rings. The summed E-state index contributed by atoms with van der Waals surface area (Å²) in [6.07, 6.45) is 5.44. The maximum atomic E-state index is 11.2. The minimum atomic E-state index is 0.477. The van der Waals surface area contributed by atoms with Crippen molar-refractivity contribution in [3.63, 3.8) is 0 Å². The zero-order chi connectivity index (χ0) is 14.5. The first-order valence-electron chi connectivity index (χ1n) is 7.41. The molecule has 1 fully saturated rings. The van der Waals surface area contributed by atoms with Crippen LogP contribution in [0.25, 0.3) is 0 Å². The molecule has 1 heterocycles. The third-order valence-corrected chi connectivity index (χ3v) is 4.95. The highest BCUT2D eigenvalue weighted by Gasteiger charge is 2.33. The zero-order valence-corrected chi connectivity index (χ0v) is 13.4. The molecule has 0 N–H and O–H groups in total. The summed E-state index contributed by atoms with van der Waals surface area (Å²) in [5.41, 5.74) is 0.952. The Labute approximate surface area is 125 Å². The van der Waals surface area contributed by atoms with Crippen molar-refractivity contribution in [3.05, 3.63) is 10.6 Å². The van der Waals surface area contributed by atoms with Gasteiger partial charge in [-0.2, -0.15) is 0 Å². The van der Waals surface area contributed by atoms with E-state index in [1.807, 2.05) is 0 Å². The summed E-state index contributed by atoms with van der Waals surface area (Å²) < 4.78 is 5.22. The fraction of sp³-hybridized carbons (Fsp3) is 0.733. The number of carbonyl (C=O) groups excluding carboxylic acids is 1. The first-order chi connectivity index (χ1) is 9.71. The third-order valence-electron chi connectivity index (χ3n) is 3.89. The molecule has 0 saturated heterocycles. The molecular formula is C15H24N2O2S. The normalized spacial score (nSPS) is 16.1. The van der Waals surface area contributed by atoms with Gasteiger partial charge >= 0.3 is 0 Å². The molecule has 1 aliphatic carbocycles. The number of hydrogen-bond donors (Lipinski definition) is 0. The second-order valence-corrected chi connectivity index (χ2v) is 6.45. The van der Waals surface area contributed by atoms with Gasteiger partial charge < -0.3 is 9.64 Å². The van der Waals surface area contributed by atoms with Crippen molar-refractivity contribution in [1.82, 2.24) is 4.98 Å². The van der Waals surface area contributed by atoms with Gasteiger partial charge in [0.05, 0.1) is 17.2 Å². The lowest BCUT2D eigenvalue weighted by atomic mass is 10.2. The molecule has 0 radical (unpaired) electrons. The number of ether oxygens (including phenoxy) is 1. The van der Waals surface area contributed by atoms with E-state index in [2.05, 4.69) is 18.7 Å². The van der Waals surface area contributed by atoms with Gasteiger partial charge in [-0.05, 0) is 32.1 Å². The Morgan fingerprint density at radius 1 is 1.55 bits per heavy atom. The maximum Gasteiger partial charge on any atom is 0.186 e. The van der Waals surface area contributed by atoms with Gasteiger partial charge in [-0.25, -0.2) is 4.98 Å². The lowest BCUT2D eigenvalue weighted by Crippen LogP contribution is -2.37. The molecular weight excluding hydrogens is 272 g/mol. The highest BCUT2D eigenvalue weighted by Crippen LogP contribution is 2.38. The highest BCUT2D eigenvalue weighted by molar-refractivity contribution is 7.17. The number of methoxy groups -OCH3 is 1. The Kier molecular flexibility index (Phi) is 5.54. The van der Waals surface area contributed by atoms with E-state index < -0.39 is 0 Å². The minimum absolute atomic E-state index is 0.477. The molecule has 0 spiro atoms. The predicted molar refractivity (Wildman–Crippen MR) is 82.9 cm³/mol. The molecule has 5 heteroatoms. The van der Waals surface area contributed by atoms with Crippen molar-refractivity contribution in [2.24, 2.45) is 5.92 Å². The minimum Gasteiger partial charge on any atom is -0.383 e. The van der Waals surface area contributed by atoms with Crippen molar-refractivity contribution in [1.29, 1.82) is 0 Å².